The Bertz CT molecular complexity index is 482. The first-order valence-corrected chi connectivity index (χ1v) is 7.93. The van der Waals surface area contributed by atoms with Crippen molar-refractivity contribution in [2.75, 3.05) is 24.7 Å². The number of fused-ring (bicyclic) bond motifs is 1. The predicted molar refractivity (Wildman–Crippen MR) is 102 cm³/mol. The Kier molecular flexibility index (Phi) is 8.60. The van der Waals surface area contributed by atoms with E-state index in [1.54, 1.807) is 11.8 Å². The Morgan fingerprint density at radius 1 is 1.52 bits per heavy atom. The molecule has 1 aliphatic rings. The van der Waals surface area contributed by atoms with Crippen LogP contribution in [0.25, 0.3) is 0 Å². The lowest BCUT2D eigenvalue weighted by Gasteiger charge is -2.26. The molecule has 0 aliphatic carbocycles. The molecule has 1 aromatic rings. The summed E-state index contributed by atoms with van der Waals surface area (Å²) in [5.41, 5.74) is 7.10. The molecule has 6 heteroatoms. The van der Waals surface area contributed by atoms with Crippen molar-refractivity contribution in [1.29, 1.82) is 0 Å². The first kappa shape index (κ1) is 18.2. The number of guanidine groups is 1. The van der Waals surface area contributed by atoms with E-state index in [0.29, 0.717) is 12.6 Å². The number of thioether (sulfide) groups is 1. The number of hydrogen-bond acceptors (Lipinski definition) is 3. The normalized spacial score (nSPS) is 17.1. The summed E-state index contributed by atoms with van der Waals surface area (Å²) in [6, 6.07) is 8.24. The molecule has 0 bridgehead atoms. The number of halogens is 1. The highest BCUT2D eigenvalue weighted by atomic mass is 127. The van der Waals surface area contributed by atoms with Gasteiger partial charge in [-0.15, -0.1) is 30.6 Å². The maximum Gasteiger partial charge on any atom is 0.189 e. The second-order valence-electron chi connectivity index (χ2n) is 4.50. The third-order valence-electron chi connectivity index (χ3n) is 3.03. The lowest BCUT2D eigenvalue weighted by Crippen LogP contribution is -2.37. The second kappa shape index (κ2) is 9.94. The van der Waals surface area contributed by atoms with Crippen LogP contribution in [0.1, 0.15) is 18.0 Å². The zero-order valence-corrected chi connectivity index (χ0v) is 15.1. The van der Waals surface area contributed by atoms with Crippen molar-refractivity contribution in [3.05, 3.63) is 42.5 Å². The molecule has 1 aliphatic heterocycles. The molecule has 1 heterocycles. The Labute approximate surface area is 147 Å². The minimum atomic E-state index is 0. The lowest BCUT2D eigenvalue weighted by molar-refractivity contribution is 0.262. The van der Waals surface area contributed by atoms with E-state index in [9.17, 15) is 0 Å². The van der Waals surface area contributed by atoms with E-state index < -0.39 is 0 Å². The third kappa shape index (κ3) is 5.78. The molecule has 0 saturated carbocycles. The highest BCUT2D eigenvalue weighted by molar-refractivity contribution is 14.0. The lowest BCUT2D eigenvalue weighted by atomic mass is 10.0. The number of para-hydroxylation sites is 1. The monoisotopic (exact) mass is 419 g/mol. The quantitative estimate of drug-likeness (QED) is 0.245. The standard InChI is InChI=1S/C15H21N3OS.HI/c1-2-10-20-11-8-17-15(16)18-13-7-9-19-14-6-4-3-5-12(13)14;/h2-6,13H,1,7-11H2,(H3,16,17,18);1H. The van der Waals surface area contributed by atoms with Gasteiger partial charge in [-0.2, -0.15) is 11.8 Å². The number of aliphatic imine (C=N–C) groups is 1. The number of rotatable bonds is 6. The van der Waals surface area contributed by atoms with Crippen molar-refractivity contribution in [3.8, 4) is 5.75 Å². The fourth-order valence-corrected chi connectivity index (χ4v) is 2.67. The van der Waals surface area contributed by atoms with Crippen LogP contribution in [0.3, 0.4) is 0 Å². The molecule has 1 aromatic carbocycles. The molecule has 0 fully saturated rings. The summed E-state index contributed by atoms with van der Waals surface area (Å²) in [6.45, 7) is 5.12. The number of ether oxygens (including phenoxy) is 1. The Morgan fingerprint density at radius 3 is 3.14 bits per heavy atom. The minimum absolute atomic E-state index is 0. The van der Waals surface area contributed by atoms with Gasteiger partial charge in [-0.25, -0.2) is 0 Å². The molecule has 3 N–H and O–H groups in total. The summed E-state index contributed by atoms with van der Waals surface area (Å²) >= 11 is 1.80. The van der Waals surface area contributed by atoms with Gasteiger partial charge in [0.2, 0.25) is 0 Å². The van der Waals surface area contributed by atoms with Crippen LogP contribution in [0.4, 0.5) is 0 Å². The number of benzene rings is 1. The van der Waals surface area contributed by atoms with Gasteiger partial charge < -0.3 is 15.8 Å². The van der Waals surface area contributed by atoms with Crippen LogP contribution in [0.5, 0.6) is 5.75 Å². The molecule has 0 spiro atoms. The van der Waals surface area contributed by atoms with Gasteiger partial charge >= 0.3 is 0 Å². The molecule has 4 nitrogen and oxygen atoms in total. The fourth-order valence-electron chi connectivity index (χ4n) is 2.11. The van der Waals surface area contributed by atoms with E-state index in [2.05, 4.69) is 23.0 Å². The molecular weight excluding hydrogens is 397 g/mol. The largest absolute Gasteiger partial charge is 0.493 e. The minimum Gasteiger partial charge on any atom is -0.493 e. The number of nitrogens with one attached hydrogen (secondary N) is 1. The van der Waals surface area contributed by atoms with Gasteiger partial charge in [-0.3, -0.25) is 4.99 Å². The van der Waals surface area contributed by atoms with E-state index in [-0.39, 0.29) is 30.0 Å². The van der Waals surface area contributed by atoms with Crippen molar-refractivity contribution in [1.82, 2.24) is 5.32 Å². The third-order valence-corrected chi connectivity index (χ3v) is 3.98. The molecule has 21 heavy (non-hydrogen) atoms. The van der Waals surface area contributed by atoms with Crippen LogP contribution in [0.2, 0.25) is 0 Å². The molecule has 116 valence electrons. The second-order valence-corrected chi connectivity index (χ2v) is 5.65. The van der Waals surface area contributed by atoms with E-state index in [1.165, 1.54) is 0 Å². The highest BCUT2D eigenvalue weighted by Crippen LogP contribution is 2.31. The molecule has 0 radical (unpaired) electrons. The first-order valence-electron chi connectivity index (χ1n) is 6.78. The summed E-state index contributed by atoms with van der Waals surface area (Å²) in [5.74, 6) is 3.35. The van der Waals surface area contributed by atoms with Gasteiger partial charge in [-0.1, -0.05) is 24.3 Å². The van der Waals surface area contributed by atoms with E-state index in [4.69, 9.17) is 10.5 Å². The van der Waals surface area contributed by atoms with E-state index in [1.807, 2.05) is 24.3 Å². The van der Waals surface area contributed by atoms with Crippen LogP contribution in [0, 0.1) is 0 Å². The van der Waals surface area contributed by atoms with Crippen LogP contribution in [-0.2, 0) is 0 Å². The van der Waals surface area contributed by atoms with Crippen molar-refractivity contribution in [2.24, 2.45) is 10.7 Å². The first-order chi connectivity index (χ1) is 9.81. The average molecular weight is 419 g/mol. The fraction of sp³-hybridized carbons (Fsp3) is 0.400. The van der Waals surface area contributed by atoms with Crippen molar-refractivity contribution in [3.63, 3.8) is 0 Å². The van der Waals surface area contributed by atoms with E-state index >= 15 is 0 Å². The molecule has 0 aromatic heterocycles. The van der Waals surface area contributed by atoms with Gasteiger partial charge in [0.15, 0.2) is 5.96 Å². The van der Waals surface area contributed by atoms with Gasteiger partial charge in [0.1, 0.15) is 5.75 Å². The van der Waals surface area contributed by atoms with Gasteiger partial charge in [0.25, 0.3) is 0 Å². The Balaban J connectivity index is 0.00000220. The smallest absolute Gasteiger partial charge is 0.189 e. The van der Waals surface area contributed by atoms with Crippen LogP contribution >= 0.6 is 35.7 Å². The summed E-state index contributed by atoms with van der Waals surface area (Å²) in [6.07, 6.45) is 2.80. The van der Waals surface area contributed by atoms with Gasteiger partial charge in [0, 0.05) is 23.5 Å². The van der Waals surface area contributed by atoms with E-state index in [0.717, 1.165) is 35.8 Å². The maximum absolute atomic E-state index is 5.95. The maximum atomic E-state index is 5.95. The van der Waals surface area contributed by atoms with Crippen molar-refractivity contribution in [2.45, 2.75) is 12.5 Å². The molecule has 0 amide bonds. The summed E-state index contributed by atoms with van der Waals surface area (Å²) in [4.78, 5) is 4.35. The molecule has 1 atom stereocenters. The molecular formula is C15H22IN3OS. The molecule has 0 saturated heterocycles. The number of nitrogens with two attached hydrogens (primary N) is 1. The molecule has 1 unspecified atom stereocenters. The molecule has 2 rings (SSSR count). The summed E-state index contributed by atoms with van der Waals surface area (Å²) in [5, 5.41) is 3.28. The van der Waals surface area contributed by atoms with Gasteiger partial charge in [-0.05, 0) is 6.07 Å². The number of hydrogen-bond donors (Lipinski definition) is 2. The van der Waals surface area contributed by atoms with Crippen molar-refractivity contribution < 1.29 is 4.74 Å². The Hall–Kier alpha value is -0.890. The predicted octanol–water partition coefficient (Wildman–Crippen LogP) is 2.95. The SMILES string of the molecule is C=CCSCCN=C(N)NC1CCOc2ccccc21.I. The van der Waals surface area contributed by atoms with Crippen LogP contribution in [0.15, 0.2) is 41.9 Å². The van der Waals surface area contributed by atoms with Gasteiger partial charge in [0.05, 0.1) is 19.2 Å². The van der Waals surface area contributed by atoms with Crippen LogP contribution in [-0.4, -0.2) is 30.6 Å². The zero-order chi connectivity index (χ0) is 14.2. The Morgan fingerprint density at radius 2 is 2.33 bits per heavy atom. The van der Waals surface area contributed by atoms with Crippen LogP contribution < -0.4 is 15.8 Å². The average Bonchev–Trinajstić information content (AvgIpc) is 2.47. The summed E-state index contributed by atoms with van der Waals surface area (Å²) in [7, 11) is 0. The topological polar surface area (TPSA) is 59.6 Å². The number of nitrogens with zero attached hydrogens (tertiary/aromatic N) is 1. The summed E-state index contributed by atoms with van der Waals surface area (Å²) < 4.78 is 5.63. The van der Waals surface area contributed by atoms with Crippen molar-refractivity contribution >= 4 is 41.7 Å². The zero-order valence-electron chi connectivity index (χ0n) is 12.0. The highest BCUT2D eigenvalue weighted by Gasteiger charge is 2.20.